The minimum Gasteiger partial charge on any atom is -0.744 e. The van der Waals surface area contributed by atoms with Gasteiger partial charge in [0.2, 0.25) is 0 Å². The number of aryl methyl sites for hydroxylation is 1. The zero-order valence-corrected chi connectivity index (χ0v) is 22.7. The van der Waals surface area contributed by atoms with Gasteiger partial charge in [0, 0.05) is 46.8 Å². The summed E-state index contributed by atoms with van der Waals surface area (Å²) in [7, 11) is -4.27. The van der Waals surface area contributed by atoms with Gasteiger partial charge in [-0.3, -0.25) is 0 Å². The van der Waals surface area contributed by atoms with Crippen LogP contribution in [0.3, 0.4) is 0 Å². The number of benzene rings is 1. The van der Waals surface area contributed by atoms with E-state index in [1.54, 1.807) is 12.1 Å². The second-order valence-corrected chi connectivity index (χ2v) is 8.33. The zero-order chi connectivity index (χ0) is 22.1. The number of allylic oxidation sites excluding steroid dienone is 6. The smallest absolute Gasteiger partial charge is 0.124 e. The largest absolute Gasteiger partial charge is 0.744 e. The molecule has 0 heterocycles. The molecule has 0 aliphatic heterocycles. The quantitative estimate of drug-likeness (QED) is 0.223. The molecule has 1 aromatic rings. The summed E-state index contributed by atoms with van der Waals surface area (Å²) >= 11 is 11.2. The van der Waals surface area contributed by atoms with Crippen LogP contribution in [0.1, 0.15) is 45.1 Å². The van der Waals surface area contributed by atoms with Crippen LogP contribution in [0.25, 0.3) is 0 Å². The Morgan fingerprint density at radius 2 is 1.30 bits per heavy atom. The molecule has 0 bridgehead atoms. The van der Waals surface area contributed by atoms with Crippen LogP contribution in [0.5, 0.6) is 0 Å². The molecule has 2 aliphatic rings. The average molecular weight is 573 g/mol. The van der Waals surface area contributed by atoms with Crippen LogP contribution in [-0.2, 0) is 10.1 Å². The molecule has 0 N–H and O–H groups in total. The summed E-state index contributed by atoms with van der Waals surface area (Å²) in [5, 5.41) is 1.78. The number of unbranched alkanes of at least 4 members (excludes halogenated alkanes) is 1. The first kappa shape index (κ1) is 31.2. The number of halogens is 2. The normalized spacial score (nSPS) is 13.1. The Morgan fingerprint density at radius 1 is 0.900 bits per heavy atom. The Morgan fingerprint density at radius 3 is 1.50 bits per heavy atom. The van der Waals surface area contributed by atoms with Gasteiger partial charge in [-0.05, 0) is 55.5 Å². The molecule has 0 spiro atoms. The maximum absolute atomic E-state index is 10.4. The fraction of sp³-hybridized carbons (Fsp3) is 0.304. The summed E-state index contributed by atoms with van der Waals surface area (Å²) in [4.78, 5) is -0.178. The fourth-order valence-electron chi connectivity index (χ4n) is 1.57. The second kappa shape index (κ2) is 18.8. The first-order valence-corrected chi connectivity index (χ1v) is 11.4. The number of hydrogen-bond donors (Lipinski definition) is 0. The topological polar surface area (TPSA) is 57.2 Å². The third kappa shape index (κ3) is 17.9. The van der Waals surface area contributed by atoms with Crippen LogP contribution < -0.4 is 0 Å². The van der Waals surface area contributed by atoms with Crippen LogP contribution in [-0.4, -0.2) is 36.9 Å². The first-order valence-electron chi connectivity index (χ1n) is 9.24. The van der Waals surface area contributed by atoms with E-state index < -0.39 is 10.1 Å². The standard InChI is InChI=1S/C7H8O3S.2C6H5Cl.C4H10.Sn/c1-6-2-4-7(5-3-6)11(8,9)10;2*7-6-4-2-1-3-5-6;1-3-4-2;/h2-5H,1H3,(H,8,9,10);2*2-4H,5H2;3-4H2,1-2H3;/p-1. The summed E-state index contributed by atoms with van der Waals surface area (Å²) in [6.07, 6.45) is 15.5. The Kier molecular flexibility index (Phi) is 19.5. The molecule has 3 rings (SSSR count). The third-order valence-corrected chi connectivity index (χ3v) is 4.77. The van der Waals surface area contributed by atoms with Gasteiger partial charge in [-0.1, -0.05) is 67.6 Å². The average Bonchev–Trinajstić information content (AvgIpc) is 2.70. The van der Waals surface area contributed by atoms with Crippen LogP contribution in [0.2, 0.25) is 0 Å². The monoisotopic (exact) mass is 573 g/mol. The van der Waals surface area contributed by atoms with E-state index in [0.29, 0.717) is 0 Å². The van der Waals surface area contributed by atoms with Gasteiger partial charge >= 0.3 is 0 Å². The van der Waals surface area contributed by atoms with E-state index in [0.717, 1.165) is 28.5 Å². The van der Waals surface area contributed by atoms with E-state index >= 15 is 0 Å². The predicted octanol–water partition coefficient (Wildman–Crippen LogP) is 6.77. The van der Waals surface area contributed by atoms with Gasteiger partial charge in [0.15, 0.2) is 0 Å². The molecule has 7 heteroatoms. The molecular formula is C23H27Cl2O3SSn-. The van der Waals surface area contributed by atoms with Crippen molar-refractivity contribution in [1.29, 1.82) is 0 Å². The summed E-state index contributed by atoms with van der Waals surface area (Å²) in [5.41, 5.74) is 6.74. The van der Waals surface area contributed by atoms with E-state index in [4.69, 9.17) is 23.2 Å². The molecule has 0 aromatic heterocycles. The SMILES string of the molecule is CCCC.Cc1ccc(S(=O)(=O)[O-])cc1.ClC1=CC=C=CC1.ClC1=CC=C=CC1.[Sn]. The van der Waals surface area contributed by atoms with Crippen molar-refractivity contribution in [2.45, 2.75) is 51.3 Å². The Labute approximate surface area is 208 Å². The molecular weight excluding hydrogens is 546 g/mol. The third-order valence-electron chi connectivity index (χ3n) is 3.36. The van der Waals surface area contributed by atoms with E-state index in [1.165, 1.54) is 25.0 Å². The number of hydrogen-bond acceptors (Lipinski definition) is 3. The fourth-order valence-corrected chi connectivity index (χ4v) is 2.32. The van der Waals surface area contributed by atoms with Crippen molar-refractivity contribution in [1.82, 2.24) is 0 Å². The number of rotatable bonds is 2. The molecule has 0 atom stereocenters. The van der Waals surface area contributed by atoms with E-state index in [-0.39, 0.29) is 28.8 Å². The van der Waals surface area contributed by atoms with Gasteiger partial charge < -0.3 is 4.55 Å². The van der Waals surface area contributed by atoms with Gasteiger partial charge in [-0.25, -0.2) is 8.42 Å². The second-order valence-electron chi connectivity index (χ2n) is 5.98. The van der Waals surface area contributed by atoms with Crippen LogP contribution in [0.4, 0.5) is 0 Å². The summed E-state index contributed by atoms with van der Waals surface area (Å²) < 4.78 is 31.2. The van der Waals surface area contributed by atoms with E-state index in [2.05, 4.69) is 25.3 Å². The molecule has 4 radical (unpaired) electrons. The summed E-state index contributed by atoms with van der Waals surface area (Å²) in [5.74, 6) is 0. The van der Waals surface area contributed by atoms with Crippen LogP contribution in [0.15, 0.2) is 87.1 Å². The Bertz CT molecular complexity index is 862. The maximum atomic E-state index is 10.4. The van der Waals surface area contributed by atoms with Crippen LogP contribution >= 0.6 is 23.2 Å². The van der Waals surface area contributed by atoms with Crippen LogP contribution in [0, 0.1) is 6.92 Å². The van der Waals surface area contributed by atoms with Gasteiger partial charge in [-0.2, -0.15) is 0 Å². The molecule has 0 saturated carbocycles. The van der Waals surface area contributed by atoms with Crippen molar-refractivity contribution < 1.29 is 13.0 Å². The van der Waals surface area contributed by atoms with Gasteiger partial charge in [0.1, 0.15) is 10.1 Å². The minimum atomic E-state index is -4.27. The zero-order valence-electron chi connectivity index (χ0n) is 17.5. The molecule has 3 nitrogen and oxygen atoms in total. The van der Waals surface area contributed by atoms with Crippen molar-refractivity contribution in [3.8, 4) is 0 Å². The molecule has 0 unspecified atom stereocenters. The van der Waals surface area contributed by atoms with E-state index in [9.17, 15) is 13.0 Å². The van der Waals surface area contributed by atoms with Gasteiger partial charge in [0.05, 0.1) is 4.90 Å². The van der Waals surface area contributed by atoms with E-state index in [1.807, 2.05) is 43.4 Å². The van der Waals surface area contributed by atoms with Crippen molar-refractivity contribution in [2.75, 3.05) is 0 Å². The van der Waals surface area contributed by atoms with Gasteiger partial charge in [-0.15, -0.1) is 11.5 Å². The minimum absolute atomic E-state index is 0. The van der Waals surface area contributed by atoms with Gasteiger partial charge in [0.25, 0.3) is 0 Å². The predicted molar refractivity (Wildman–Crippen MR) is 128 cm³/mol. The molecule has 1 aromatic carbocycles. The Hall–Kier alpha value is -0.971. The van der Waals surface area contributed by atoms with Crippen molar-refractivity contribution in [3.05, 3.63) is 87.8 Å². The van der Waals surface area contributed by atoms with Crippen molar-refractivity contribution in [2.24, 2.45) is 0 Å². The summed E-state index contributed by atoms with van der Waals surface area (Å²) in [6, 6.07) is 5.78. The molecule has 2 aliphatic carbocycles. The van der Waals surface area contributed by atoms with Crippen molar-refractivity contribution >= 4 is 57.2 Å². The molecule has 30 heavy (non-hydrogen) atoms. The molecule has 0 amide bonds. The molecule has 162 valence electrons. The molecule has 0 saturated heterocycles. The molecule has 0 fully saturated rings. The maximum Gasteiger partial charge on any atom is 0.124 e. The Balaban J connectivity index is 0. The summed E-state index contributed by atoms with van der Waals surface area (Å²) in [6.45, 7) is 6.18. The first-order chi connectivity index (χ1) is 13.7. The van der Waals surface area contributed by atoms with Crippen molar-refractivity contribution in [3.63, 3.8) is 0 Å².